The van der Waals surface area contributed by atoms with Crippen LogP contribution in [0.3, 0.4) is 0 Å². The highest BCUT2D eigenvalue weighted by Gasteiger charge is 2.12. The van der Waals surface area contributed by atoms with Gasteiger partial charge in [0, 0.05) is 12.5 Å². The van der Waals surface area contributed by atoms with Crippen LogP contribution in [0.5, 0.6) is 11.5 Å². The summed E-state index contributed by atoms with van der Waals surface area (Å²) >= 11 is 6.15. The lowest BCUT2D eigenvalue weighted by atomic mass is 10.1. The second-order valence-electron chi connectivity index (χ2n) is 8.07. The molecule has 0 saturated heterocycles. The highest BCUT2D eigenvalue weighted by Crippen LogP contribution is 2.36. The van der Waals surface area contributed by atoms with E-state index in [1.54, 1.807) is 26.4 Å². The van der Waals surface area contributed by atoms with Gasteiger partial charge < -0.3 is 14.8 Å². The summed E-state index contributed by atoms with van der Waals surface area (Å²) in [5, 5.41) is 3.33. The van der Waals surface area contributed by atoms with Gasteiger partial charge in [-0.25, -0.2) is 0 Å². The Hall–Kier alpha value is -1.68. The summed E-state index contributed by atoms with van der Waals surface area (Å²) in [5.74, 6) is 1.05. The number of allylic oxidation sites excluding steroid dienone is 2. The van der Waals surface area contributed by atoms with Crippen LogP contribution < -0.4 is 14.8 Å². The van der Waals surface area contributed by atoms with Gasteiger partial charge in [-0.15, -0.1) is 0 Å². The lowest BCUT2D eigenvalue weighted by Crippen LogP contribution is -2.12. The molecule has 0 fully saturated rings. The first-order chi connectivity index (χ1) is 15.1. The first kappa shape index (κ1) is 27.4. The number of hydrogen-bond donors (Lipinski definition) is 1. The van der Waals surface area contributed by atoms with Crippen molar-refractivity contribution in [2.75, 3.05) is 19.5 Å². The van der Waals surface area contributed by atoms with E-state index >= 15 is 0 Å². The summed E-state index contributed by atoms with van der Waals surface area (Å²) in [6.07, 6.45) is 21.4. The van der Waals surface area contributed by atoms with Crippen LogP contribution in [0, 0.1) is 0 Å². The van der Waals surface area contributed by atoms with E-state index in [1.165, 1.54) is 70.6 Å². The summed E-state index contributed by atoms with van der Waals surface area (Å²) in [7, 11) is 3.11. The maximum atomic E-state index is 12.2. The number of carbonyl (C=O) groups excluding carboxylic acids is 1. The zero-order valence-corrected chi connectivity index (χ0v) is 20.6. The largest absolute Gasteiger partial charge is 0.495 e. The van der Waals surface area contributed by atoms with Crippen molar-refractivity contribution in [3.63, 3.8) is 0 Å². The van der Waals surface area contributed by atoms with Crippen LogP contribution in [-0.2, 0) is 4.79 Å². The van der Waals surface area contributed by atoms with E-state index in [0.29, 0.717) is 28.6 Å². The fraction of sp³-hybridized carbons (Fsp3) is 0.654. The molecule has 0 bridgehead atoms. The molecular weight excluding hydrogens is 410 g/mol. The molecule has 1 rings (SSSR count). The predicted molar refractivity (Wildman–Crippen MR) is 133 cm³/mol. The SMILES string of the molecule is CCCCCCCC/C=C\CCCCCCCC(=O)Nc1cc(Cl)c(OC)cc1OC. The number of carbonyl (C=O) groups is 1. The molecule has 0 aliphatic heterocycles. The number of benzene rings is 1. The quantitative estimate of drug-likeness (QED) is 0.180. The van der Waals surface area contributed by atoms with Crippen molar-refractivity contribution >= 4 is 23.2 Å². The van der Waals surface area contributed by atoms with Crippen molar-refractivity contribution < 1.29 is 14.3 Å². The molecule has 0 spiro atoms. The van der Waals surface area contributed by atoms with Crippen LogP contribution in [0.1, 0.15) is 96.8 Å². The normalized spacial score (nSPS) is 11.1. The van der Waals surface area contributed by atoms with E-state index in [-0.39, 0.29) is 5.91 Å². The highest BCUT2D eigenvalue weighted by molar-refractivity contribution is 6.32. The maximum Gasteiger partial charge on any atom is 0.224 e. The number of unbranched alkanes of at least 4 members (excludes halogenated alkanes) is 11. The third-order valence-corrected chi connectivity index (χ3v) is 5.71. The number of methoxy groups -OCH3 is 2. The van der Waals surface area contributed by atoms with Gasteiger partial charge in [0.15, 0.2) is 0 Å². The molecule has 0 aromatic heterocycles. The Morgan fingerprint density at radius 3 is 1.97 bits per heavy atom. The van der Waals surface area contributed by atoms with Crippen molar-refractivity contribution in [3.05, 3.63) is 29.3 Å². The maximum absolute atomic E-state index is 12.2. The number of anilines is 1. The third-order valence-electron chi connectivity index (χ3n) is 5.41. The Kier molecular flexibility index (Phi) is 15.8. The number of nitrogens with one attached hydrogen (secondary N) is 1. The van der Waals surface area contributed by atoms with Crippen LogP contribution in [0.4, 0.5) is 5.69 Å². The molecule has 0 saturated carbocycles. The molecule has 0 atom stereocenters. The number of halogens is 1. The van der Waals surface area contributed by atoms with E-state index in [1.807, 2.05) is 0 Å². The molecule has 5 heteroatoms. The predicted octanol–water partition coefficient (Wildman–Crippen LogP) is 8.33. The number of amides is 1. The molecule has 0 radical (unpaired) electrons. The van der Waals surface area contributed by atoms with Crippen molar-refractivity contribution in [3.8, 4) is 11.5 Å². The van der Waals surface area contributed by atoms with Crippen LogP contribution in [0.15, 0.2) is 24.3 Å². The number of ether oxygens (including phenoxy) is 2. The van der Waals surface area contributed by atoms with Crippen LogP contribution >= 0.6 is 11.6 Å². The Bertz CT molecular complexity index is 646. The van der Waals surface area contributed by atoms with Crippen molar-refractivity contribution in [1.29, 1.82) is 0 Å². The van der Waals surface area contributed by atoms with Gasteiger partial charge in [0.2, 0.25) is 5.91 Å². The molecule has 1 aromatic rings. The average Bonchev–Trinajstić information content (AvgIpc) is 2.76. The first-order valence-corrected chi connectivity index (χ1v) is 12.4. The molecule has 1 aromatic carbocycles. The van der Waals surface area contributed by atoms with Crippen molar-refractivity contribution in [2.45, 2.75) is 96.8 Å². The Balaban J connectivity index is 2.06. The number of rotatable bonds is 18. The first-order valence-electron chi connectivity index (χ1n) is 12.0. The van der Waals surface area contributed by atoms with Gasteiger partial charge in [-0.05, 0) is 38.2 Å². The average molecular weight is 452 g/mol. The molecule has 0 aliphatic rings. The summed E-state index contributed by atoms with van der Waals surface area (Å²) in [6, 6.07) is 3.34. The Morgan fingerprint density at radius 1 is 0.839 bits per heavy atom. The van der Waals surface area contributed by atoms with Crippen LogP contribution in [-0.4, -0.2) is 20.1 Å². The monoisotopic (exact) mass is 451 g/mol. The molecule has 0 aliphatic carbocycles. The van der Waals surface area contributed by atoms with E-state index in [2.05, 4.69) is 24.4 Å². The van der Waals surface area contributed by atoms with Crippen LogP contribution in [0.25, 0.3) is 0 Å². The molecule has 0 heterocycles. The smallest absolute Gasteiger partial charge is 0.224 e. The Labute approximate surface area is 194 Å². The molecule has 176 valence electrons. The number of hydrogen-bond acceptors (Lipinski definition) is 3. The molecule has 31 heavy (non-hydrogen) atoms. The van der Waals surface area contributed by atoms with E-state index < -0.39 is 0 Å². The minimum Gasteiger partial charge on any atom is -0.495 e. The fourth-order valence-corrected chi connectivity index (χ4v) is 3.77. The Morgan fingerprint density at radius 2 is 1.39 bits per heavy atom. The second-order valence-corrected chi connectivity index (χ2v) is 8.48. The zero-order valence-electron chi connectivity index (χ0n) is 19.8. The van der Waals surface area contributed by atoms with E-state index in [4.69, 9.17) is 21.1 Å². The minimum atomic E-state index is -0.0165. The molecule has 0 unspecified atom stereocenters. The highest BCUT2D eigenvalue weighted by atomic mass is 35.5. The van der Waals surface area contributed by atoms with Gasteiger partial charge in [-0.1, -0.05) is 82.0 Å². The molecular formula is C26H42ClNO3. The van der Waals surface area contributed by atoms with Gasteiger partial charge in [-0.2, -0.15) is 0 Å². The van der Waals surface area contributed by atoms with Gasteiger partial charge in [0.25, 0.3) is 0 Å². The van der Waals surface area contributed by atoms with Crippen molar-refractivity contribution in [1.82, 2.24) is 0 Å². The molecule has 4 nitrogen and oxygen atoms in total. The summed E-state index contributed by atoms with van der Waals surface area (Å²) in [5.41, 5.74) is 0.575. The van der Waals surface area contributed by atoms with Gasteiger partial charge >= 0.3 is 0 Å². The van der Waals surface area contributed by atoms with Crippen molar-refractivity contribution in [2.24, 2.45) is 0 Å². The zero-order chi connectivity index (χ0) is 22.7. The van der Waals surface area contributed by atoms with Gasteiger partial charge in [0.1, 0.15) is 11.5 Å². The summed E-state index contributed by atoms with van der Waals surface area (Å²) < 4.78 is 10.5. The second kappa shape index (κ2) is 17.9. The van der Waals surface area contributed by atoms with Crippen LogP contribution in [0.2, 0.25) is 5.02 Å². The standard InChI is InChI=1S/C26H42ClNO3/c1-4-5-6-7-8-9-10-11-12-13-14-15-16-17-18-19-26(29)28-23-20-22(27)24(30-2)21-25(23)31-3/h11-12,20-21H,4-10,13-19H2,1-3H3,(H,28,29)/b12-11-. The lowest BCUT2D eigenvalue weighted by Gasteiger charge is -2.13. The summed E-state index contributed by atoms with van der Waals surface area (Å²) in [4.78, 5) is 12.2. The lowest BCUT2D eigenvalue weighted by molar-refractivity contribution is -0.116. The van der Waals surface area contributed by atoms with E-state index in [0.717, 1.165) is 12.8 Å². The van der Waals surface area contributed by atoms with E-state index in [9.17, 15) is 4.79 Å². The third kappa shape index (κ3) is 12.7. The van der Waals surface area contributed by atoms with Gasteiger partial charge in [0.05, 0.1) is 24.9 Å². The molecule has 1 N–H and O–H groups in total. The molecule has 1 amide bonds. The topological polar surface area (TPSA) is 47.6 Å². The summed E-state index contributed by atoms with van der Waals surface area (Å²) in [6.45, 7) is 2.26. The minimum absolute atomic E-state index is 0.0165. The van der Waals surface area contributed by atoms with Gasteiger partial charge in [-0.3, -0.25) is 4.79 Å². The fourth-order valence-electron chi connectivity index (χ4n) is 3.53.